The topological polar surface area (TPSA) is 61.8 Å². The Labute approximate surface area is 75.0 Å². The minimum atomic E-state index is -1.58. The molecule has 1 N–H and O–H groups in total. The number of hydrogen-bond acceptors (Lipinski definition) is 3. The van der Waals surface area contributed by atoms with Crippen molar-refractivity contribution in [3.05, 3.63) is 16.9 Å². The number of nitriles is 1. The van der Waals surface area contributed by atoms with Crippen molar-refractivity contribution in [2.45, 2.75) is 12.5 Å². The lowest BCUT2D eigenvalue weighted by molar-refractivity contribution is 0.110. The molecule has 64 valence electrons. The summed E-state index contributed by atoms with van der Waals surface area (Å²) in [5.74, 6) is 0. The van der Waals surface area contributed by atoms with Crippen LogP contribution >= 0.6 is 11.6 Å². The summed E-state index contributed by atoms with van der Waals surface area (Å²) in [6.07, 6.45) is 1.39. The second-order valence-electron chi connectivity index (χ2n) is 2.65. The molecule has 0 aliphatic rings. The van der Waals surface area contributed by atoms with Crippen molar-refractivity contribution in [3.8, 4) is 6.07 Å². The van der Waals surface area contributed by atoms with Crippen LogP contribution in [0.3, 0.4) is 0 Å². The van der Waals surface area contributed by atoms with E-state index < -0.39 is 5.60 Å². The Bertz CT molecular complexity index is 317. The van der Waals surface area contributed by atoms with Crippen LogP contribution < -0.4 is 0 Å². The molecule has 0 spiro atoms. The number of aryl methyl sites for hydroxylation is 1. The fourth-order valence-electron chi connectivity index (χ4n) is 1.01. The van der Waals surface area contributed by atoms with E-state index in [-0.39, 0.29) is 0 Å². The highest BCUT2D eigenvalue weighted by Gasteiger charge is 2.28. The summed E-state index contributed by atoms with van der Waals surface area (Å²) in [7, 11) is 1.62. The van der Waals surface area contributed by atoms with Crippen LogP contribution in [-0.2, 0) is 12.6 Å². The first-order valence-corrected chi connectivity index (χ1v) is 3.68. The van der Waals surface area contributed by atoms with Gasteiger partial charge in [0.25, 0.3) is 0 Å². The normalized spacial score (nSPS) is 15.2. The molecule has 0 amide bonds. The van der Waals surface area contributed by atoms with Crippen molar-refractivity contribution < 1.29 is 5.11 Å². The van der Waals surface area contributed by atoms with E-state index in [0.29, 0.717) is 10.7 Å². The molecule has 1 unspecified atom stereocenters. The predicted octanol–water partition coefficient (Wildman–Crippen LogP) is 0.805. The number of hydrogen-bond donors (Lipinski definition) is 1. The highest BCUT2D eigenvalue weighted by Crippen LogP contribution is 2.26. The molecule has 0 aliphatic carbocycles. The Kier molecular flexibility index (Phi) is 2.09. The van der Waals surface area contributed by atoms with Crippen LogP contribution in [0.15, 0.2) is 6.20 Å². The molecular weight excluding hydrogens is 178 g/mol. The molecule has 0 saturated heterocycles. The standard InChI is InChI=1S/C7H8ClN3O/c1-7(12,4-9)6-5(8)3-10-11(6)2/h3,12H,1-2H3. The summed E-state index contributed by atoms with van der Waals surface area (Å²) in [6.45, 7) is 1.37. The third-order valence-electron chi connectivity index (χ3n) is 1.57. The van der Waals surface area contributed by atoms with Crippen LogP contribution in [0, 0.1) is 11.3 Å². The SMILES string of the molecule is Cn1ncc(Cl)c1C(C)(O)C#N. The van der Waals surface area contributed by atoms with E-state index in [2.05, 4.69) is 5.10 Å². The third-order valence-corrected chi connectivity index (χ3v) is 1.85. The summed E-state index contributed by atoms with van der Waals surface area (Å²) in [6, 6.07) is 1.74. The van der Waals surface area contributed by atoms with E-state index in [9.17, 15) is 5.11 Å². The number of halogens is 1. The average Bonchev–Trinajstić information content (AvgIpc) is 2.31. The van der Waals surface area contributed by atoms with Gasteiger partial charge in [0.05, 0.1) is 11.2 Å². The summed E-state index contributed by atoms with van der Waals surface area (Å²) < 4.78 is 1.38. The van der Waals surface area contributed by atoms with Gasteiger partial charge >= 0.3 is 0 Å². The van der Waals surface area contributed by atoms with E-state index in [1.807, 2.05) is 0 Å². The lowest BCUT2D eigenvalue weighted by Crippen LogP contribution is -2.22. The first-order valence-electron chi connectivity index (χ1n) is 3.30. The summed E-state index contributed by atoms with van der Waals surface area (Å²) >= 11 is 5.71. The Balaban J connectivity index is 3.28. The van der Waals surface area contributed by atoms with Gasteiger partial charge in [0.15, 0.2) is 5.60 Å². The van der Waals surface area contributed by atoms with Crippen LogP contribution in [0.5, 0.6) is 0 Å². The molecule has 0 bridgehead atoms. The van der Waals surface area contributed by atoms with Crippen molar-refractivity contribution >= 4 is 11.6 Å². The molecular formula is C7H8ClN3O. The molecule has 0 fully saturated rings. The molecule has 1 rings (SSSR count). The van der Waals surface area contributed by atoms with E-state index in [1.165, 1.54) is 17.8 Å². The van der Waals surface area contributed by atoms with Gasteiger partial charge in [0, 0.05) is 7.05 Å². The van der Waals surface area contributed by atoms with Crippen LogP contribution in [0.1, 0.15) is 12.6 Å². The first-order chi connectivity index (χ1) is 5.49. The predicted molar refractivity (Wildman–Crippen MR) is 43.4 cm³/mol. The lowest BCUT2D eigenvalue weighted by Gasteiger charge is -2.14. The molecule has 1 heterocycles. The zero-order chi connectivity index (χ0) is 9.35. The lowest BCUT2D eigenvalue weighted by atomic mass is 10.1. The molecule has 0 radical (unpaired) electrons. The highest BCUT2D eigenvalue weighted by molar-refractivity contribution is 6.31. The number of aromatic nitrogens is 2. The van der Waals surface area contributed by atoms with Crippen LogP contribution in [-0.4, -0.2) is 14.9 Å². The maximum atomic E-state index is 9.54. The minimum absolute atomic E-state index is 0.295. The molecule has 0 aromatic carbocycles. The number of nitrogens with zero attached hydrogens (tertiary/aromatic N) is 3. The van der Waals surface area contributed by atoms with Crippen molar-refractivity contribution in [2.24, 2.45) is 7.05 Å². The van der Waals surface area contributed by atoms with Crippen molar-refractivity contribution in [2.75, 3.05) is 0 Å². The molecule has 0 aliphatic heterocycles. The number of rotatable bonds is 1. The maximum Gasteiger partial charge on any atom is 0.192 e. The molecule has 4 nitrogen and oxygen atoms in total. The van der Waals surface area contributed by atoms with Gasteiger partial charge in [-0.2, -0.15) is 10.4 Å². The fourth-order valence-corrected chi connectivity index (χ4v) is 1.36. The van der Waals surface area contributed by atoms with Gasteiger partial charge in [-0.05, 0) is 6.92 Å². The Morgan fingerprint density at radius 2 is 2.42 bits per heavy atom. The molecule has 1 aromatic heterocycles. The van der Waals surface area contributed by atoms with E-state index >= 15 is 0 Å². The molecule has 1 atom stereocenters. The monoisotopic (exact) mass is 185 g/mol. The zero-order valence-electron chi connectivity index (χ0n) is 6.74. The van der Waals surface area contributed by atoms with Crippen LogP contribution in [0.4, 0.5) is 0 Å². The van der Waals surface area contributed by atoms with Gasteiger partial charge < -0.3 is 5.11 Å². The molecule has 0 saturated carbocycles. The van der Waals surface area contributed by atoms with Gasteiger partial charge in [0.2, 0.25) is 0 Å². The fraction of sp³-hybridized carbons (Fsp3) is 0.429. The Hall–Kier alpha value is -1.05. The highest BCUT2D eigenvalue weighted by atomic mass is 35.5. The van der Waals surface area contributed by atoms with Gasteiger partial charge in [-0.25, -0.2) is 0 Å². The smallest absolute Gasteiger partial charge is 0.192 e. The Morgan fingerprint density at radius 1 is 1.83 bits per heavy atom. The summed E-state index contributed by atoms with van der Waals surface area (Å²) in [5, 5.41) is 22.3. The Morgan fingerprint density at radius 3 is 2.75 bits per heavy atom. The summed E-state index contributed by atoms with van der Waals surface area (Å²) in [5.41, 5.74) is -1.27. The van der Waals surface area contributed by atoms with Gasteiger partial charge in [-0.1, -0.05) is 11.6 Å². The summed E-state index contributed by atoms with van der Waals surface area (Å²) in [4.78, 5) is 0. The van der Waals surface area contributed by atoms with E-state index in [4.69, 9.17) is 16.9 Å². The second kappa shape index (κ2) is 2.77. The van der Waals surface area contributed by atoms with Crippen LogP contribution in [0.25, 0.3) is 0 Å². The van der Waals surface area contributed by atoms with Crippen molar-refractivity contribution in [3.63, 3.8) is 0 Å². The molecule has 5 heteroatoms. The van der Waals surface area contributed by atoms with Crippen LogP contribution in [0.2, 0.25) is 5.02 Å². The molecule has 12 heavy (non-hydrogen) atoms. The largest absolute Gasteiger partial charge is 0.370 e. The quantitative estimate of drug-likeness (QED) is 0.659. The minimum Gasteiger partial charge on any atom is -0.370 e. The van der Waals surface area contributed by atoms with Gasteiger partial charge in [0.1, 0.15) is 11.8 Å². The van der Waals surface area contributed by atoms with E-state index in [1.54, 1.807) is 13.1 Å². The maximum absolute atomic E-state index is 9.54. The zero-order valence-corrected chi connectivity index (χ0v) is 7.50. The number of aliphatic hydroxyl groups is 1. The van der Waals surface area contributed by atoms with Crippen molar-refractivity contribution in [1.82, 2.24) is 9.78 Å². The van der Waals surface area contributed by atoms with E-state index in [0.717, 1.165) is 0 Å². The second-order valence-corrected chi connectivity index (χ2v) is 3.06. The van der Waals surface area contributed by atoms with Gasteiger partial charge in [-0.3, -0.25) is 4.68 Å². The average molecular weight is 186 g/mol. The first kappa shape index (κ1) is 9.04. The third kappa shape index (κ3) is 1.29. The van der Waals surface area contributed by atoms with Crippen molar-refractivity contribution in [1.29, 1.82) is 5.26 Å². The van der Waals surface area contributed by atoms with Gasteiger partial charge in [-0.15, -0.1) is 0 Å². The molecule has 1 aromatic rings.